The Morgan fingerprint density at radius 1 is 0.424 bits per heavy atom. The molecule has 458 valence electrons. The van der Waals surface area contributed by atoms with E-state index in [1.54, 1.807) is 26.8 Å². The molecule has 0 bridgehead atoms. The van der Waals surface area contributed by atoms with E-state index in [1.165, 1.54) is 43.1 Å². The highest BCUT2D eigenvalue weighted by molar-refractivity contribution is 5.92. The zero-order chi connectivity index (χ0) is 61.4. The number of ether oxygens (including phenoxy) is 5. The number of carbonyl (C=O) groups excluding carboxylic acids is 2. The number of benzene rings is 3. The van der Waals surface area contributed by atoms with E-state index >= 15 is 0 Å². The van der Waals surface area contributed by atoms with Crippen molar-refractivity contribution in [2.45, 2.75) is 124 Å². The van der Waals surface area contributed by atoms with E-state index in [1.807, 2.05) is 18.2 Å². The summed E-state index contributed by atoms with van der Waals surface area (Å²) < 4.78 is 29.3. The Balaban J connectivity index is 1.84. The fourth-order valence-electron chi connectivity index (χ4n) is 7.46. The Kier molecular flexibility index (Phi) is 38.4. The van der Waals surface area contributed by atoms with Crippen molar-refractivity contribution in [3.63, 3.8) is 0 Å². The van der Waals surface area contributed by atoms with Gasteiger partial charge in [0.2, 0.25) is 0 Å². The van der Waals surface area contributed by atoms with Gasteiger partial charge in [-0.25, -0.2) is 9.59 Å². The molecule has 0 amide bonds. The van der Waals surface area contributed by atoms with Crippen LogP contribution in [-0.2, 0) is 99.0 Å². The van der Waals surface area contributed by atoms with Crippen LogP contribution >= 0.6 is 0 Å². The second-order valence-corrected chi connectivity index (χ2v) is 18.1. The summed E-state index contributed by atoms with van der Waals surface area (Å²) in [6, 6.07) is 13.6. The van der Waals surface area contributed by atoms with Crippen molar-refractivity contribution in [2.24, 2.45) is 0 Å². The lowest BCUT2D eigenvalue weighted by Gasteiger charge is -2.18. The molecule has 0 aliphatic carbocycles. The molecule has 19 heteroatoms. The van der Waals surface area contributed by atoms with E-state index in [0.29, 0.717) is 144 Å². The molecule has 0 fully saturated rings. The first-order valence-corrected chi connectivity index (χ1v) is 28.0. The zero-order valence-corrected chi connectivity index (χ0v) is 49.3. The number of hydrogen-bond acceptors (Lipinski definition) is 19. The number of unbranched alkanes of at least 4 members (excludes halogenated alkanes) is 6. The monoisotopic (exact) mass is 1180 g/mol. The van der Waals surface area contributed by atoms with E-state index < -0.39 is 11.9 Å². The molecule has 3 aromatic rings. The molecule has 0 N–H and O–H groups in total. The molecular formula is C66H80O19. The summed E-state index contributed by atoms with van der Waals surface area (Å²) in [4.78, 5) is 77.1. The van der Waals surface area contributed by atoms with Crippen LogP contribution in [0, 0.1) is 23.7 Å². The Labute approximate surface area is 500 Å². The van der Waals surface area contributed by atoms with Gasteiger partial charge in [0.25, 0.3) is 0 Å². The van der Waals surface area contributed by atoms with Gasteiger partial charge in [-0.2, -0.15) is 24.4 Å². The predicted octanol–water partition coefficient (Wildman–Crippen LogP) is 13.3. The minimum Gasteiger partial charge on any atom is -0.502 e. The van der Waals surface area contributed by atoms with Crippen LogP contribution in [0.4, 0.5) is 0 Å². The molecule has 3 aromatic carbocycles. The van der Waals surface area contributed by atoms with Crippen LogP contribution in [0.2, 0.25) is 0 Å². The molecule has 0 saturated heterocycles. The molecule has 0 atom stereocenters. The molecule has 0 heterocycles. The Morgan fingerprint density at radius 2 is 0.847 bits per heavy atom. The highest BCUT2D eigenvalue weighted by atomic mass is 17.5. The number of hydrogen-bond donors (Lipinski definition) is 0. The van der Waals surface area contributed by atoms with Crippen molar-refractivity contribution < 1.29 is 92.2 Å². The number of esters is 2. The van der Waals surface area contributed by atoms with Crippen LogP contribution in [0.5, 0.6) is 23.0 Å². The highest BCUT2D eigenvalue weighted by Crippen LogP contribution is 2.37. The largest absolute Gasteiger partial charge is 0.502 e. The van der Waals surface area contributed by atoms with Crippen LogP contribution in [0.3, 0.4) is 0 Å². The predicted molar refractivity (Wildman–Crippen MR) is 314 cm³/mol. The molecule has 0 saturated carbocycles. The van der Waals surface area contributed by atoms with Gasteiger partial charge >= 0.3 is 11.9 Å². The van der Waals surface area contributed by atoms with Gasteiger partial charge in [-0.15, -0.1) is 0 Å². The van der Waals surface area contributed by atoms with Crippen molar-refractivity contribution in [3.05, 3.63) is 175 Å². The maximum Gasteiger partial charge on any atom is 0.390 e. The lowest BCUT2D eigenvalue weighted by atomic mass is 9.87. The van der Waals surface area contributed by atoms with Gasteiger partial charge in [-0.3, -0.25) is 0 Å². The van der Waals surface area contributed by atoms with Crippen molar-refractivity contribution >= 4 is 11.9 Å². The summed E-state index contributed by atoms with van der Waals surface area (Å²) >= 11 is 0. The van der Waals surface area contributed by atoms with Gasteiger partial charge in [0.1, 0.15) is 24.0 Å². The first-order valence-electron chi connectivity index (χ1n) is 28.0. The van der Waals surface area contributed by atoms with E-state index in [2.05, 4.69) is 80.3 Å². The molecule has 19 nitrogen and oxygen atoms in total. The third-order valence-corrected chi connectivity index (χ3v) is 11.7. The molecule has 0 spiro atoms. The maximum atomic E-state index is 13.3. The lowest BCUT2D eigenvalue weighted by Crippen LogP contribution is -2.09. The van der Waals surface area contributed by atoms with Crippen LogP contribution in [0.1, 0.15) is 131 Å². The zero-order valence-electron chi connectivity index (χ0n) is 49.3. The Bertz CT molecular complexity index is 2800. The molecule has 3 rings (SSSR count). The number of allylic oxidation sites excluding steroid dienone is 3. The molecule has 0 aliphatic heterocycles. The van der Waals surface area contributed by atoms with Gasteiger partial charge in [-0.1, -0.05) is 80.6 Å². The summed E-state index contributed by atoms with van der Waals surface area (Å²) in [6.07, 6.45) is 14.9. The van der Waals surface area contributed by atoms with Crippen LogP contribution < -0.4 is 18.9 Å². The second-order valence-electron chi connectivity index (χ2n) is 18.1. The normalized spacial score (nSPS) is 10.2. The molecule has 0 aromatic heterocycles. The maximum absolute atomic E-state index is 13.3. The van der Waals surface area contributed by atoms with E-state index in [0.717, 1.165) is 60.8 Å². The summed E-state index contributed by atoms with van der Waals surface area (Å²) in [6.45, 7) is 28.8. The number of carbonyl (C=O) groups is 2. The molecule has 0 unspecified atom stereocenters. The van der Waals surface area contributed by atoms with Gasteiger partial charge in [-0.05, 0) is 171 Å². The van der Waals surface area contributed by atoms with Crippen molar-refractivity contribution in [1.29, 1.82) is 0 Å². The summed E-state index contributed by atoms with van der Waals surface area (Å²) in [5, 5.41) is 9.55. The average molecular weight is 1180 g/mol. The van der Waals surface area contributed by atoms with Crippen molar-refractivity contribution in [3.8, 4) is 46.7 Å². The first-order chi connectivity index (χ1) is 41.6. The van der Waals surface area contributed by atoms with Crippen LogP contribution in [-0.4, -0.2) is 64.8 Å². The Morgan fingerprint density at radius 3 is 1.39 bits per heavy atom. The smallest absolute Gasteiger partial charge is 0.390 e. The molecule has 0 radical (unpaired) electrons. The summed E-state index contributed by atoms with van der Waals surface area (Å²) in [7, 11) is 0. The third-order valence-electron chi connectivity index (χ3n) is 11.7. The van der Waals surface area contributed by atoms with Gasteiger partial charge in [0.05, 0.1) is 64.7 Å². The quantitative estimate of drug-likeness (QED) is 0.00757. The topological polar surface area (TPSA) is 191 Å². The lowest BCUT2D eigenvalue weighted by molar-refractivity contribution is -0.495. The van der Waals surface area contributed by atoms with E-state index in [4.69, 9.17) is 82.6 Å². The van der Waals surface area contributed by atoms with E-state index in [-0.39, 0.29) is 24.7 Å². The summed E-state index contributed by atoms with van der Waals surface area (Å²) in [5.41, 5.74) is 13.0. The van der Waals surface area contributed by atoms with Gasteiger partial charge in [0, 0.05) is 38.2 Å². The molecular weight excluding hydrogens is 1100 g/mol. The molecule has 0 aliphatic rings. The van der Waals surface area contributed by atoms with Gasteiger partial charge in [0.15, 0.2) is 28.8 Å². The SMILES string of the molecule is C=C=C(C)OOCCCCOc1c(CCCCOOOC(C)=C=C)ccc(C#CC(=O)Oc2ccc(OC(=O)C#Cc3ccc(CCCCOOC=C)c(CCCCOOC=C)c3CCCCOOOC(C)=C=C)cc2)c1OCCCCOC=C. The third kappa shape index (κ3) is 31.7. The van der Waals surface area contributed by atoms with Crippen LogP contribution in [0.15, 0.2) is 141 Å². The summed E-state index contributed by atoms with van der Waals surface area (Å²) in [5.74, 6) is 11.9. The van der Waals surface area contributed by atoms with Gasteiger partial charge < -0.3 is 48.1 Å². The minimum atomic E-state index is -0.849. The Hall–Kier alpha value is -8.38. The van der Waals surface area contributed by atoms with Crippen molar-refractivity contribution in [2.75, 3.05) is 52.9 Å². The standard InChI is InChI=1S/C66H80O19/c1-10-52(7)81-76-49-27-26-46-70-65-57(29-17-21-50-77-84-82-53(8)11-2)34-35-58(66(65)71-45-25-24-44-69-13-4)37-43-64(68)80-60-40-38-59(39-41-60)79-63(67)42-36-56-33-32-55(28-16-20-47-74-72-14-5)61(30-18-22-48-75-73-15-6)62(56)31-19-23-51-78-85-83-54(9)12-3/h13-15,32-35,38-41H,1-6,16-31,44-51H2,7-9H3. The highest BCUT2D eigenvalue weighted by Gasteiger charge is 2.18. The fraction of sp³-hybridized carbons (Fsp3) is 0.409. The number of rotatable bonds is 47. The fourth-order valence-corrected chi connectivity index (χ4v) is 7.46. The minimum absolute atomic E-state index is 0.156. The average Bonchev–Trinajstić information content (AvgIpc) is 3.20. The molecule has 85 heavy (non-hydrogen) atoms. The number of aryl methyl sites for hydroxylation is 2. The van der Waals surface area contributed by atoms with Crippen LogP contribution in [0.25, 0.3) is 0 Å². The second kappa shape index (κ2) is 46.1. The first kappa shape index (κ1) is 70.9. The van der Waals surface area contributed by atoms with Crippen molar-refractivity contribution in [1.82, 2.24) is 0 Å². The van der Waals surface area contributed by atoms with E-state index in [9.17, 15) is 9.59 Å².